The second-order valence-electron chi connectivity index (χ2n) is 21.3. The molecule has 3 N–H and O–H groups in total. The van der Waals surface area contributed by atoms with Crippen LogP contribution in [0.4, 0.5) is 0 Å². The zero-order valence-corrected chi connectivity index (χ0v) is 46.4. The Hall–Kier alpha value is -3.95. The number of amides is 1. The molecule has 1 amide bonds. The van der Waals surface area contributed by atoms with E-state index in [9.17, 15) is 47.4 Å². The number of aliphatic hydroxyl groups excluding tert-OH is 1. The average Bonchev–Trinajstić information content (AvgIpc) is 4.19. The minimum Gasteiger partial charge on any atom is -0.465 e. The van der Waals surface area contributed by atoms with E-state index in [1.165, 1.54) is 33.9 Å². The molecule has 0 aromatic heterocycles. The molecular formula is C55H86N2O16S. The van der Waals surface area contributed by atoms with Crippen molar-refractivity contribution in [2.24, 2.45) is 35.5 Å². The third kappa shape index (κ3) is 18.1. The Morgan fingerprint density at radius 2 is 1.59 bits per heavy atom. The number of aliphatic hydroxyl groups is 2. The van der Waals surface area contributed by atoms with Gasteiger partial charge in [-0.3, -0.25) is 24.0 Å². The second kappa shape index (κ2) is 29.0. The lowest BCUT2D eigenvalue weighted by Crippen LogP contribution is -2.59. The molecular weight excluding hydrogens is 977 g/mol. The van der Waals surface area contributed by atoms with E-state index in [-0.39, 0.29) is 67.9 Å². The summed E-state index contributed by atoms with van der Waals surface area (Å²) in [5.41, 5.74) is 0.836. The number of esters is 2. The van der Waals surface area contributed by atoms with E-state index >= 15 is 0 Å². The van der Waals surface area contributed by atoms with Crippen LogP contribution in [0.15, 0.2) is 47.6 Å². The molecule has 4 rings (SSSR count). The molecule has 0 aromatic carbocycles. The molecule has 2 bridgehead atoms. The van der Waals surface area contributed by atoms with Crippen LogP contribution in [-0.2, 0) is 67.2 Å². The normalized spacial score (nSPS) is 36.2. The topological polar surface area (TPSA) is 248 Å². The number of allylic oxidation sites excluding steroid dienone is 6. The van der Waals surface area contributed by atoms with Gasteiger partial charge in [-0.05, 0) is 122 Å². The van der Waals surface area contributed by atoms with E-state index in [0.29, 0.717) is 49.4 Å². The zero-order chi connectivity index (χ0) is 55.1. The van der Waals surface area contributed by atoms with Gasteiger partial charge in [0.2, 0.25) is 15.8 Å². The fourth-order valence-electron chi connectivity index (χ4n) is 9.96. The molecule has 4 aliphatic rings. The lowest BCUT2D eigenvalue weighted by atomic mass is 9.78. The number of sulfonamides is 1. The van der Waals surface area contributed by atoms with Crippen LogP contribution in [0.5, 0.6) is 0 Å². The lowest BCUT2D eigenvalue weighted by Gasteiger charge is -2.42. The number of nitrogens with zero attached hydrogens (tertiary/aromatic N) is 1. The van der Waals surface area contributed by atoms with Gasteiger partial charge in [0, 0.05) is 58.1 Å². The first-order chi connectivity index (χ1) is 34.9. The largest absolute Gasteiger partial charge is 0.465 e. The van der Waals surface area contributed by atoms with Crippen molar-refractivity contribution in [3.05, 3.63) is 47.6 Å². The quantitative estimate of drug-likeness (QED) is 0.114. The molecule has 2 saturated carbocycles. The molecule has 2 aliphatic carbocycles. The standard InChI is InChI=1S/C55H86N2O16S/c1-12-70-48(59)32-74(66,67)56-43-29-42-24-20-38(7)55(65,73-42)52(62)53(63)57(9)39(8)54(64)72-46(36(5)27-41-23-25-45(47(28-41)68-10)71-31-40-21-22-40)30-44(58)35(4)26-37(6)50(61)51(69-11)49(60)34(3)19-17-15-13-14-16-18-33(43)2/h13-16,18,26,34-36,38-43,45-47,50-51,56,61,65H,12,17,19-25,27-32H2,1-11H3/b15-13-,16-14-,33-18-,37-26-/t34?,35?,36-,38+,39?,41+,42-,43?,45-,46?,47-,50?,51?,55+/m1/s1. The average molecular weight is 1060 g/mol. The summed E-state index contributed by atoms with van der Waals surface area (Å²) in [6, 6.07) is -2.39. The Morgan fingerprint density at radius 1 is 0.905 bits per heavy atom. The first kappa shape index (κ1) is 62.6. The van der Waals surface area contributed by atoms with Crippen molar-refractivity contribution in [1.82, 2.24) is 9.62 Å². The van der Waals surface area contributed by atoms with Crippen molar-refractivity contribution in [2.45, 2.75) is 187 Å². The summed E-state index contributed by atoms with van der Waals surface area (Å²) in [6.07, 6.45) is 11.8. The van der Waals surface area contributed by atoms with Crippen LogP contribution in [0.2, 0.25) is 0 Å². The molecule has 7 unspecified atom stereocenters. The highest BCUT2D eigenvalue weighted by atomic mass is 32.2. The highest BCUT2D eigenvalue weighted by Gasteiger charge is 2.52. The first-order valence-corrected chi connectivity index (χ1v) is 28.2. The number of carbonyl (C=O) groups is 6. The van der Waals surface area contributed by atoms with Gasteiger partial charge >= 0.3 is 11.9 Å². The highest BCUT2D eigenvalue weighted by Crippen LogP contribution is 2.38. The number of fused-ring (bicyclic) bond motifs is 2. The molecule has 74 heavy (non-hydrogen) atoms. The maximum atomic E-state index is 14.2. The minimum absolute atomic E-state index is 0.0271. The Balaban J connectivity index is 1.68. The monoisotopic (exact) mass is 1060 g/mol. The van der Waals surface area contributed by atoms with Gasteiger partial charge in [-0.15, -0.1) is 0 Å². The van der Waals surface area contributed by atoms with Gasteiger partial charge in [0.05, 0.1) is 24.9 Å². The number of methoxy groups -OCH3 is 2. The number of Topliss-reactive ketones (excluding diaryl/α,β-unsaturated/α-hetero) is 3. The van der Waals surface area contributed by atoms with Gasteiger partial charge in [0.25, 0.3) is 11.7 Å². The number of cyclic esters (lactones) is 1. The van der Waals surface area contributed by atoms with Crippen LogP contribution >= 0.6 is 0 Å². The SMILES string of the molecule is CCOC(=O)CS(=O)(=O)NC1C[C@H]2CC[C@H](C)[C@](O)(O2)C(=O)C(=O)N(C)C(C)C(=O)OC([C@H](C)C[C@@H]2CC[C@@H](OCC3CC3)[C@H](OC)C2)CC(=O)C(C)/C=C(/C)C(O)C(OC)C(=O)C(C)CC\C=C/C=C\C=C/1C. The molecule has 0 spiro atoms. The first-order valence-electron chi connectivity index (χ1n) is 26.5. The summed E-state index contributed by atoms with van der Waals surface area (Å²) >= 11 is 0. The third-order valence-electron chi connectivity index (χ3n) is 15.4. The Bertz CT molecular complexity index is 2170. The molecule has 418 valence electrons. The summed E-state index contributed by atoms with van der Waals surface area (Å²) in [6.45, 7) is 13.7. The lowest BCUT2D eigenvalue weighted by molar-refractivity contribution is -0.263. The predicted molar refractivity (Wildman–Crippen MR) is 276 cm³/mol. The maximum Gasteiger partial charge on any atom is 0.328 e. The van der Waals surface area contributed by atoms with E-state index in [1.807, 2.05) is 13.0 Å². The van der Waals surface area contributed by atoms with Gasteiger partial charge in [-0.1, -0.05) is 69.7 Å². The fourth-order valence-corrected chi connectivity index (χ4v) is 11.2. The Kier molecular flexibility index (Phi) is 24.5. The number of ether oxygens (including phenoxy) is 6. The summed E-state index contributed by atoms with van der Waals surface area (Å²) in [7, 11) is -0.0461. The van der Waals surface area contributed by atoms with Gasteiger partial charge < -0.3 is 43.5 Å². The zero-order valence-electron chi connectivity index (χ0n) is 45.6. The van der Waals surface area contributed by atoms with Crippen molar-refractivity contribution in [3.8, 4) is 0 Å². The number of hydrogen-bond donors (Lipinski definition) is 3. The van der Waals surface area contributed by atoms with Crippen molar-refractivity contribution >= 4 is 45.2 Å². The Morgan fingerprint density at radius 3 is 2.24 bits per heavy atom. The van der Waals surface area contributed by atoms with Gasteiger partial charge in [-0.25, -0.2) is 17.9 Å². The highest BCUT2D eigenvalue weighted by molar-refractivity contribution is 7.90. The minimum atomic E-state index is -4.29. The van der Waals surface area contributed by atoms with Crippen LogP contribution in [0.3, 0.4) is 0 Å². The molecule has 2 aliphatic heterocycles. The molecule has 14 atom stereocenters. The number of ketones is 3. The van der Waals surface area contributed by atoms with Crippen molar-refractivity contribution in [2.75, 3.05) is 40.2 Å². The second-order valence-corrected chi connectivity index (χ2v) is 23.1. The van der Waals surface area contributed by atoms with Crippen LogP contribution < -0.4 is 4.72 Å². The molecule has 1 saturated heterocycles. The van der Waals surface area contributed by atoms with Crippen LogP contribution in [0, 0.1) is 35.5 Å². The van der Waals surface area contributed by atoms with Gasteiger partial charge in [0.1, 0.15) is 30.1 Å². The molecule has 19 heteroatoms. The molecule has 0 aromatic rings. The van der Waals surface area contributed by atoms with Crippen molar-refractivity contribution in [3.63, 3.8) is 0 Å². The summed E-state index contributed by atoms with van der Waals surface area (Å²) in [5.74, 6) is -10.5. The number of nitrogens with one attached hydrogen (secondary N) is 1. The molecule has 3 fully saturated rings. The molecule has 2 heterocycles. The van der Waals surface area contributed by atoms with Gasteiger partial charge in [0.15, 0.2) is 11.5 Å². The summed E-state index contributed by atoms with van der Waals surface area (Å²) in [4.78, 5) is 83.4. The number of hydrogen-bond acceptors (Lipinski definition) is 16. The van der Waals surface area contributed by atoms with E-state index in [4.69, 9.17) is 28.4 Å². The predicted octanol–water partition coefficient (Wildman–Crippen LogP) is 5.67. The van der Waals surface area contributed by atoms with E-state index in [2.05, 4.69) is 4.72 Å². The van der Waals surface area contributed by atoms with Crippen LogP contribution in [0.1, 0.15) is 132 Å². The number of carbonyl (C=O) groups excluding carboxylic acids is 6. The fraction of sp³-hybridized carbons (Fsp3) is 0.745. The summed E-state index contributed by atoms with van der Waals surface area (Å²) in [5, 5.41) is 23.4. The van der Waals surface area contributed by atoms with Crippen LogP contribution in [-0.4, -0.2) is 153 Å². The van der Waals surface area contributed by atoms with Crippen molar-refractivity contribution in [1.29, 1.82) is 0 Å². The van der Waals surface area contributed by atoms with E-state index < -0.39 is 99.4 Å². The maximum absolute atomic E-state index is 14.2. The molecule has 0 radical (unpaired) electrons. The third-order valence-corrected chi connectivity index (χ3v) is 16.6. The Labute approximate surface area is 439 Å². The summed E-state index contributed by atoms with van der Waals surface area (Å²) < 4.78 is 63.9. The van der Waals surface area contributed by atoms with Crippen molar-refractivity contribution < 1.29 is 75.8 Å². The smallest absolute Gasteiger partial charge is 0.328 e. The number of rotatable bonds is 13. The van der Waals surface area contributed by atoms with Crippen LogP contribution in [0.25, 0.3) is 0 Å². The van der Waals surface area contributed by atoms with E-state index in [0.717, 1.165) is 17.7 Å². The van der Waals surface area contributed by atoms with Gasteiger partial charge in [-0.2, -0.15) is 0 Å². The van der Waals surface area contributed by atoms with E-state index in [1.54, 1.807) is 79.0 Å². The molecule has 18 nitrogen and oxygen atoms in total. The number of likely N-dealkylation sites (N-methyl/N-ethyl adjacent to an activating group) is 1.